The molecule has 138 valence electrons. The second-order valence-corrected chi connectivity index (χ2v) is 7.16. The molecule has 2 rings (SSSR count). The second-order valence-electron chi connectivity index (χ2n) is 7.16. The van der Waals surface area contributed by atoms with Crippen molar-refractivity contribution in [1.82, 2.24) is 0 Å². The monoisotopic (exact) mass is 332 g/mol. The summed E-state index contributed by atoms with van der Waals surface area (Å²) in [6.45, 7) is 11.7. The molecule has 0 aromatic rings. The molecule has 23 heavy (non-hydrogen) atoms. The van der Waals surface area contributed by atoms with Crippen LogP contribution in [0.1, 0.15) is 59.3 Å². The van der Waals surface area contributed by atoms with E-state index in [-0.39, 0.29) is 0 Å². The minimum absolute atomic E-state index is 0.319. The topological polar surface area (TPSA) is 68.2 Å². The first kappa shape index (κ1) is 20.8. The van der Waals surface area contributed by atoms with Gasteiger partial charge in [-0.25, -0.2) is 0 Å². The highest BCUT2D eigenvalue weighted by molar-refractivity contribution is 4.87. The molecule has 5 heteroatoms. The van der Waals surface area contributed by atoms with Crippen molar-refractivity contribution in [2.75, 3.05) is 39.6 Å². The number of ether oxygens (including phenoxy) is 3. The van der Waals surface area contributed by atoms with Gasteiger partial charge in [-0.05, 0) is 25.7 Å². The van der Waals surface area contributed by atoms with Gasteiger partial charge in [0.05, 0.1) is 39.6 Å². The van der Waals surface area contributed by atoms with Gasteiger partial charge in [0.1, 0.15) is 0 Å². The number of unbranched alkanes of at least 4 members (excludes halogenated alkanes) is 2. The van der Waals surface area contributed by atoms with Crippen LogP contribution >= 0.6 is 0 Å². The van der Waals surface area contributed by atoms with Crippen LogP contribution in [0.25, 0.3) is 0 Å². The third kappa shape index (κ3) is 7.06. The highest BCUT2D eigenvalue weighted by Gasteiger charge is 2.40. The number of aliphatic hydroxyl groups is 2. The SMILES string of the molecule is CCC1(COCC2(CC)COC2)COC1.CCCCCC(O)O. The zero-order chi connectivity index (χ0) is 17.2. The fourth-order valence-corrected chi connectivity index (χ4v) is 2.62. The number of aliphatic hydroxyl groups excluding tert-OH is 1. The molecule has 2 fully saturated rings. The van der Waals surface area contributed by atoms with Gasteiger partial charge in [0.2, 0.25) is 0 Å². The quantitative estimate of drug-likeness (QED) is 0.475. The lowest BCUT2D eigenvalue weighted by Gasteiger charge is -2.44. The Morgan fingerprint density at radius 2 is 1.35 bits per heavy atom. The summed E-state index contributed by atoms with van der Waals surface area (Å²) in [5, 5.41) is 16.7. The van der Waals surface area contributed by atoms with Gasteiger partial charge >= 0.3 is 0 Å². The first-order chi connectivity index (χ1) is 11.0. The Labute approximate surface area is 141 Å². The summed E-state index contributed by atoms with van der Waals surface area (Å²) in [6, 6.07) is 0. The van der Waals surface area contributed by atoms with Crippen molar-refractivity contribution in [3.8, 4) is 0 Å². The summed E-state index contributed by atoms with van der Waals surface area (Å²) < 4.78 is 16.4. The average Bonchev–Trinajstić information content (AvgIpc) is 2.45. The predicted molar refractivity (Wildman–Crippen MR) is 90.3 cm³/mol. The molecule has 0 spiro atoms. The third-order valence-electron chi connectivity index (χ3n) is 5.02. The number of hydrogen-bond acceptors (Lipinski definition) is 5. The van der Waals surface area contributed by atoms with E-state index >= 15 is 0 Å². The van der Waals surface area contributed by atoms with E-state index in [2.05, 4.69) is 20.8 Å². The molecule has 2 heterocycles. The minimum Gasteiger partial charge on any atom is -0.380 e. The first-order valence-electron chi connectivity index (χ1n) is 9.11. The van der Waals surface area contributed by atoms with E-state index in [1.54, 1.807) is 0 Å². The van der Waals surface area contributed by atoms with Crippen molar-refractivity contribution in [3.05, 3.63) is 0 Å². The standard InChI is InChI=1S/C12H22O3.C6H14O2/c1-3-11(5-13-6-11)9-15-10-12(4-2)7-14-8-12;1-2-3-4-5-6(7)8/h3-10H2,1-2H3;6-8H,2-5H2,1H3. The van der Waals surface area contributed by atoms with Crippen molar-refractivity contribution in [1.29, 1.82) is 0 Å². The van der Waals surface area contributed by atoms with Crippen LogP contribution in [-0.2, 0) is 14.2 Å². The summed E-state index contributed by atoms with van der Waals surface area (Å²) in [5.74, 6) is 0. The zero-order valence-corrected chi connectivity index (χ0v) is 15.2. The molecule has 0 amide bonds. The maximum Gasteiger partial charge on any atom is 0.151 e. The Balaban J connectivity index is 0.000000284. The molecule has 0 bridgehead atoms. The third-order valence-corrected chi connectivity index (χ3v) is 5.02. The molecule has 0 aromatic carbocycles. The van der Waals surface area contributed by atoms with Crippen LogP contribution in [0.2, 0.25) is 0 Å². The van der Waals surface area contributed by atoms with Crippen LogP contribution in [0.4, 0.5) is 0 Å². The van der Waals surface area contributed by atoms with Gasteiger partial charge in [-0.3, -0.25) is 0 Å². The maximum atomic E-state index is 8.33. The first-order valence-corrected chi connectivity index (χ1v) is 9.11. The Morgan fingerprint density at radius 1 is 0.870 bits per heavy atom. The summed E-state index contributed by atoms with van der Waals surface area (Å²) in [4.78, 5) is 0. The molecule has 0 aliphatic carbocycles. The van der Waals surface area contributed by atoms with E-state index in [1.807, 2.05) is 0 Å². The Kier molecular flexibility index (Phi) is 9.63. The molecule has 2 aliphatic heterocycles. The van der Waals surface area contributed by atoms with Gasteiger partial charge in [0.15, 0.2) is 6.29 Å². The van der Waals surface area contributed by atoms with Crippen molar-refractivity contribution < 1.29 is 24.4 Å². The zero-order valence-electron chi connectivity index (χ0n) is 15.2. The van der Waals surface area contributed by atoms with Gasteiger partial charge in [0, 0.05) is 10.8 Å². The van der Waals surface area contributed by atoms with Crippen molar-refractivity contribution >= 4 is 0 Å². The van der Waals surface area contributed by atoms with E-state index in [4.69, 9.17) is 24.4 Å². The molecule has 0 unspecified atom stereocenters. The largest absolute Gasteiger partial charge is 0.380 e. The van der Waals surface area contributed by atoms with Gasteiger partial charge < -0.3 is 24.4 Å². The molecule has 0 radical (unpaired) electrons. The van der Waals surface area contributed by atoms with Crippen LogP contribution in [0.5, 0.6) is 0 Å². The van der Waals surface area contributed by atoms with Crippen LogP contribution < -0.4 is 0 Å². The summed E-state index contributed by atoms with van der Waals surface area (Å²) in [6.07, 6.45) is 4.89. The highest BCUT2D eigenvalue weighted by atomic mass is 16.5. The van der Waals surface area contributed by atoms with Crippen LogP contribution in [0, 0.1) is 10.8 Å². The van der Waals surface area contributed by atoms with Crippen LogP contribution in [-0.4, -0.2) is 56.1 Å². The van der Waals surface area contributed by atoms with Crippen molar-refractivity contribution in [3.63, 3.8) is 0 Å². The normalized spacial score (nSPS) is 21.1. The Hall–Kier alpha value is -0.200. The molecule has 0 atom stereocenters. The lowest BCUT2D eigenvalue weighted by atomic mass is 9.83. The Morgan fingerprint density at radius 3 is 1.61 bits per heavy atom. The smallest absolute Gasteiger partial charge is 0.151 e. The Bertz CT molecular complexity index is 265. The summed E-state index contributed by atoms with van der Waals surface area (Å²) in [7, 11) is 0. The minimum atomic E-state index is -1.10. The van der Waals surface area contributed by atoms with E-state index in [0.29, 0.717) is 17.3 Å². The lowest BCUT2D eigenvalue weighted by Crippen LogP contribution is -2.49. The number of rotatable bonds is 10. The van der Waals surface area contributed by atoms with Gasteiger partial charge in [0.25, 0.3) is 0 Å². The average molecular weight is 332 g/mol. The molecule has 5 nitrogen and oxygen atoms in total. The van der Waals surface area contributed by atoms with Gasteiger partial charge in [-0.1, -0.05) is 33.6 Å². The van der Waals surface area contributed by atoms with Crippen LogP contribution in [0.3, 0.4) is 0 Å². The van der Waals surface area contributed by atoms with E-state index in [9.17, 15) is 0 Å². The maximum absolute atomic E-state index is 8.33. The van der Waals surface area contributed by atoms with Crippen LogP contribution in [0.15, 0.2) is 0 Å². The number of hydrogen-bond donors (Lipinski definition) is 2. The molecule has 2 aliphatic rings. The van der Waals surface area contributed by atoms with Gasteiger partial charge in [-0.2, -0.15) is 0 Å². The van der Waals surface area contributed by atoms with Crippen molar-refractivity contribution in [2.24, 2.45) is 10.8 Å². The fraction of sp³-hybridized carbons (Fsp3) is 1.00. The molecular formula is C18H36O5. The summed E-state index contributed by atoms with van der Waals surface area (Å²) in [5.41, 5.74) is 0.638. The fourth-order valence-electron chi connectivity index (χ4n) is 2.62. The van der Waals surface area contributed by atoms with E-state index in [1.165, 1.54) is 0 Å². The lowest BCUT2D eigenvalue weighted by molar-refractivity contribution is -0.187. The molecule has 0 aromatic heterocycles. The second kappa shape index (κ2) is 10.6. The predicted octanol–water partition coefficient (Wildman–Crippen LogP) is 2.73. The molecule has 2 N–H and O–H groups in total. The highest BCUT2D eigenvalue weighted by Crippen LogP contribution is 2.35. The molecule has 0 saturated carbocycles. The van der Waals surface area contributed by atoms with Gasteiger partial charge in [-0.15, -0.1) is 0 Å². The molecule has 2 saturated heterocycles. The van der Waals surface area contributed by atoms with Crippen molar-refractivity contribution in [2.45, 2.75) is 65.6 Å². The van der Waals surface area contributed by atoms with E-state index in [0.717, 1.165) is 71.7 Å². The summed E-state index contributed by atoms with van der Waals surface area (Å²) >= 11 is 0. The van der Waals surface area contributed by atoms with E-state index < -0.39 is 6.29 Å². The molecular weight excluding hydrogens is 296 g/mol.